The minimum atomic E-state index is -0.443. The molecule has 1 atom stereocenters. The number of hydrogen-bond donors (Lipinski definition) is 2. The number of nitrogens with zero attached hydrogens (tertiary/aromatic N) is 2. The number of carbonyl (C=O) groups is 2. The van der Waals surface area contributed by atoms with Gasteiger partial charge in [0.15, 0.2) is 0 Å². The highest BCUT2D eigenvalue weighted by atomic mass is 16.2. The van der Waals surface area contributed by atoms with Gasteiger partial charge in [-0.15, -0.1) is 0 Å². The number of hydrogen-bond acceptors (Lipinski definition) is 4. The quantitative estimate of drug-likeness (QED) is 0.420. The van der Waals surface area contributed by atoms with Crippen LogP contribution in [0.25, 0.3) is 0 Å². The molecule has 0 fully saturated rings. The van der Waals surface area contributed by atoms with Crippen molar-refractivity contribution in [3.8, 4) is 0 Å². The summed E-state index contributed by atoms with van der Waals surface area (Å²) in [5.41, 5.74) is 6.30. The van der Waals surface area contributed by atoms with Crippen LogP contribution in [0.4, 0.5) is 0 Å². The monoisotopic (exact) mass is 430 g/mol. The standard InChI is InChI=1S/C24H30B2N3O3/c1-7-21(24(4,5)6)29(23(31)18-11-15(2)10-16(3)12-18)28-22(30)17-8-9-20(26-32)19(13-17)14-27-25/h8-14,21,32H,7H2,1-6H3,(H,28,30)/t21-/m1/s1. The molecule has 0 spiro atoms. The molecule has 2 aromatic rings. The number of carbonyl (C=O) groups excluding carboxylic acids is 2. The molecule has 0 saturated heterocycles. The van der Waals surface area contributed by atoms with Gasteiger partial charge in [0.05, 0.1) is 6.04 Å². The van der Waals surface area contributed by atoms with Crippen LogP contribution in [0, 0.1) is 19.3 Å². The molecule has 2 amide bonds. The van der Waals surface area contributed by atoms with Crippen LogP contribution >= 0.6 is 0 Å². The zero-order valence-corrected chi connectivity index (χ0v) is 19.6. The molecular weight excluding hydrogens is 400 g/mol. The van der Waals surface area contributed by atoms with Crippen molar-refractivity contribution in [2.45, 2.75) is 54.0 Å². The molecule has 6 nitrogen and oxygen atoms in total. The van der Waals surface area contributed by atoms with Gasteiger partial charge < -0.3 is 9.93 Å². The van der Waals surface area contributed by atoms with Crippen molar-refractivity contribution in [2.75, 3.05) is 0 Å². The molecule has 0 aliphatic heterocycles. The topological polar surface area (TPSA) is 82.0 Å². The van der Waals surface area contributed by atoms with Crippen LogP contribution in [0.5, 0.6) is 0 Å². The Balaban J connectivity index is 2.48. The predicted molar refractivity (Wildman–Crippen MR) is 130 cm³/mol. The maximum absolute atomic E-state index is 13.6. The van der Waals surface area contributed by atoms with Crippen molar-refractivity contribution in [3.63, 3.8) is 0 Å². The first-order chi connectivity index (χ1) is 15.0. The number of amides is 2. The van der Waals surface area contributed by atoms with Gasteiger partial charge in [-0.05, 0) is 61.0 Å². The van der Waals surface area contributed by atoms with E-state index in [9.17, 15) is 14.6 Å². The Hall–Kier alpha value is -2.86. The smallest absolute Gasteiger partial charge is 0.327 e. The minimum Gasteiger partial charge on any atom is -0.450 e. The normalized spacial score (nSPS) is 12.5. The highest BCUT2D eigenvalue weighted by Crippen LogP contribution is 2.27. The first-order valence-corrected chi connectivity index (χ1v) is 10.6. The van der Waals surface area contributed by atoms with Gasteiger partial charge in [-0.25, -0.2) is 5.01 Å². The molecule has 165 valence electrons. The third-order valence-electron chi connectivity index (χ3n) is 5.31. The van der Waals surface area contributed by atoms with Gasteiger partial charge in [-0.1, -0.05) is 51.0 Å². The number of nitrogens with one attached hydrogen (secondary N) is 1. The summed E-state index contributed by atoms with van der Waals surface area (Å²) in [6.07, 6.45) is 2.01. The van der Waals surface area contributed by atoms with Crippen molar-refractivity contribution in [2.24, 2.45) is 10.3 Å². The average Bonchev–Trinajstić information content (AvgIpc) is 2.71. The highest BCUT2D eigenvalue weighted by Gasteiger charge is 2.34. The second-order valence-corrected chi connectivity index (χ2v) is 9.03. The largest absolute Gasteiger partial charge is 0.450 e. The fourth-order valence-corrected chi connectivity index (χ4v) is 3.89. The van der Waals surface area contributed by atoms with E-state index in [1.807, 2.05) is 59.7 Å². The average molecular weight is 430 g/mol. The van der Waals surface area contributed by atoms with E-state index in [0.29, 0.717) is 28.6 Å². The molecule has 0 aromatic heterocycles. The minimum absolute atomic E-state index is 0.241. The van der Waals surface area contributed by atoms with Crippen molar-refractivity contribution in [1.29, 1.82) is 0 Å². The zero-order valence-electron chi connectivity index (χ0n) is 19.6. The van der Waals surface area contributed by atoms with E-state index in [1.165, 1.54) is 11.2 Å². The van der Waals surface area contributed by atoms with Crippen LogP contribution in [-0.4, -0.2) is 49.6 Å². The van der Waals surface area contributed by atoms with Crippen LogP contribution < -0.4 is 10.9 Å². The summed E-state index contributed by atoms with van der Waals surface area (Å²) in [4.78, 5) is 30.2. The van der Waals surface area contributed by atoms with Gasteiger partial charge in [0.25, 0.3) is 19.8 Å². The molecule has 32 heavy (non-hydrogen) atoms. The molecular formula is C24H30B2N3O3. The Morgan fingerprint density at radius 1 is 1.16 bits per heavy atom. The summed E-state index contributed by atoms with van der Waals surface area (Å²) in [5, 5.41) is 10.8. The molecule has 0 heterocycles. The lowest BCUT2D eigenvalue weighted by Gasteiger charge is -2.39. The first kappa shape index (κ1) is 25.4. The van der Waals surface area contributed by atoms with Gasteiger partial charge in [0.1, 0.15) is 0 Å². The second kappa shape index (κ2) is 10.6. The van der Waals surface area contributed by atoms with Crippen LogP contribution in [0.3, 0.4) is 0 Å². The molecule has 2 rings (SSSR count). The molecule has 3 radical (unpaired) electrons. The summed E-state index contributed by atoms with van der Waals surface area (Å²) in [6, 6.07) is 10.1. The Morgan fingerprint density at radius 2 is 1.78 bits per heavy atom. The Morgan fingerprint density at radius 3 is 2.28 bits per heavy atom. The maximum atomic E-state index is 13.6. The summed E-state index contributed by atoms with van der Waals surface area (Å²) in [5.74, 6) is -0.711. The van der Waals surface area contributed by atoms with E-state index in [0.717, 1.165) is 18.6 Å². The van der Waals surface area contributed by atoms with Gasteiger partial charge in [0, 0.05) is 17.3 Å². The zero-order chi connectivity index (χ0) is 24.1. The summed E-state index contributed by atoms with van der Waals surface area (Å²) in [7, 11) is 6.16. The van der Waals surface area contributed by atoms with Crippen molar-refractivity contribution < 1.29 is 14.6 Å². The fourth-order valence-electron chi connectivity index (χ4n) is 3.89. The van der Waals surface area contributed by atoms with E-state index >= 15 is 0 Å². The summed E-state index contributed by atoms with van der Waals surface area (Å²) in [6.45, 7) is 12.0. The van der Waals surface area contributed by atoms with Crippen molar-refractivity contribution in [3.05, 3.63) is 64.2 Å². The molecule has 0 bridgehead atoms. The Bertz CT molecular complexity index is 996. The van der Waals surface area contributed by atoms with E-state index in [4.69, 9.17) is 7.98 Å². The Kier molecular flexibility index (Phi) is 8.44. The highest BCUT2D eigenvalue weighted by molar-refractivity contribution is 6.47. The Labute approximate surface area is 192 Å². The second-order valence-electron chi connectivity index (χ2n) is 9.03. The predicted octanol–water partition coefficient (Wildman–Crippen LogP) is 2.65. The van der Waals surface area contributed by atoms with Crippen molar-refractivity contribution in [1.82, 2.24) is 10.4 Å². The summed E-state index contributed by atoms with van der Waals surface area (Å²) >= 11 is 0. The summed E-state index contributed by atoms with van der Waals surface area (Å²) < 4.78 is 0. The molecule has 8 heteroatoms. The number of benzene rings is 2. The van der Waals surface area contributed by atoms with Gasteiger partial charge >= 0.3 is 7.48 Å². The van der Waals surface area contributed by atoms with Gasteiger partial charge in [-0.2, -0.15) is 0 Å². The third kappa shape index (κ3) is 6.10. The van der Waals surface area contributed by atoms with Crippen LogP contribution in [0.1, 0.15) is 71.5 Å². The van der Waals surface area contributed by atoms with Crippen LogP contribution in [0.2, 0.25) is 0 Å². The number of aryl methyl sites for hydroxylation is 2. The molecule has 0 saturated carbocycles. The maximum Gasteiger partial charge on any atom is 0.327 e. The molecule has 2 aromatic carbocycles. The molecule has 0 aliphatic rings. The third-order valence-corrected chi connectivity index (χ3v) is 5.31. The lowest BCUT2D eigenvalue weighted by molar-refractivity contribution is 0.0285. The molecule has 2 N–H and O–H groups in total. The van der Waals surface area contributed by atoms with E-state index in [2.05, 4.69) is 10.3 Å². The van der Waals surface area contributed by atoms with Gasteiger partial charge in [0.2, 0.25) is 0 Å². The van der Waals surface area contributed by atoms with Gasteiger partial charge in [-0.3, -0.25) is 15.0 Å². The van der Waals surface area contributed by atoms with Crippen LogP contribution in [0.15, 0.2) is 41.3 Å². The van der Waals surface area contributed by atoms with E-state index < -0.39 is 5.91 Å². The fraction of sp³-hybridized carbons (Fsp3) is 0.375. The lowest BCUT2D eigenvalue weighted by Crippen LogP contribution is -2.56. The SMILES string of the molecule is [B]N=Cc1cc(C(=O)NN(C(=O)c2cc(C)cc(C)c2)[C@H](CC)C(C)(C)C)ccc1[B]O. The number of rotatable bonds is 6. The van der Waals surface area contributed by atoms with E-state index in [1.54, 1.807) is 18.2 Å². The number of hydrazine groups is 1. The van der Waals surface area contributed by atoms with Crippen LogP contribution in [-0.2, 0) is 0 Å². The molecule has 0 unspecified atom stereocenters. The van der Waals surface area contributed by atoms with E-state index in [-0.39, 0.29) is 17.4 Å². The first-order valence-electron chi connectivity index (χ1n) is 10.6. The molecule has 0 aliphatic carbocycles. The lowest BCUT2D eigenvalue weighted by atomic mass is 9.83. The van der Waals surface area contributed by atoms with Crippen molar-refractivity contribution >= 4 is 39.0 Å².